The van der Waals surface area contributed by atoms with Crippen LogP contribution < -0.4 is 4.74 Å². The molecule has 0 aliphatic rings. The number of methoxy groups -OCH3 is 1. The molecule has 4 heteroatoms. The van der Waals surface area contributed by atoms with Gasteiger partial charge in [0.25, 0.3) is 0 Å². The van der Waals surface area contributed by atoms with Crippen LogP contribution >= 0.6 is 0 Å². The second-order valence-electron chi connectivity index (χ2n) is 4.63. The van der Waals surface area contributed by atoms with E-state index < -0.39 is 0 Å². The van der Waals surface area contributed by atoms with Gasteiger partial charge in [0.1, 0.15) is 11.5 Å². The molecule has 0 aliphatic heterocycles. The topological polar surface area (TPSA) is 42.7 Å². The fourth-order valence-electron chi connectivity index (χ4n) is 2.00. The molecule has 0 bridgehead atoms. The molecule has 0 N–H and O–H groups in total. The third-order valence-electron chi connectivity index (χ3n) is 3.23. The van der Waals surface area contributed by atoms with Gasteiger partial charge < -0.3 is 14.1 Å². The summed E-state index contributed by atoms with van der Waals surface area (Å²) in [6.07, 6.45) is 2.71. The minimum Gasteiger partial charge on any atom is -0.496 e. The van der Waals surface area contributed by atoms with E-state index in [0.717, 1.165) is 23.5 Å². The first-order chi connectivity index (χ1) is 9.70. The van der Waals surface area contributed by atoms with Crippen LogP contribution in [0.5, 0.6) is 5.75 Å². The van der Waals surface area contributed by atoms with Crippen molar-refractivity contribution in [3.05, 3.63) is 54.0 Å². The molecule has 2 aromatic rings. The predicted octanol–water partition coefficient (Wildman–Crippen LogP) is 2.53. The molecule has 1 aromatic heterocycles. The zero-order chi connectivity index (χ0) is 14.4. The van der Waals surface area contributed by atoms with Crippen LogP contribution in [0, 0.1) is 0 Å². The average molecular weight is 273 g/mol. The van der Waals surface area contributed by atoms with Crippen LogP contribution in [0.25, 0.3) is 0 Å². The lowest BCUT2D eigenvalue weighted by Crippen LogP contribution is -2.30. The van der Waals surface area contributed by atoms with Crippen LogP contribution in [0.4, 0.5) is 0 Å². The zero-order valence-electron chi connectivity index (χ0n) is 11.8. The summed E-state index contributed by atoms with van der Waals surface area (Å²) in [6.45, 7) is 0.640. The van der Waals surface area contributed by atoms with Crippen molar-refractivity contribution in [2.24, 2.45) is 0 Å². The van der Waals surface area contributed by atoms with E-state index in [9.17, 15) is 4.79 Å². The molecule has 0 saturated carbocycles. The Labute approximate surface area is 119 Å². The fourth-order valence-corrected chi connectivity index (χ4v) is 2.00. The maximum absolute atomic E-state index is 12.2. The van der Waals surface area contributed by atoms with Crippen molar-refractivity contribution in [3.63, 3.8) is 0 Å². The Bertz CT molecular complexity index is 549. The molecule has 4 nitrogen and oxygen atoms in total. The van der Waals surface area contributed by atoms with Gasteiger partial charge in [0.15, 0.2) is 0 Å². The van der Waals surface area contributed by atoms with Crippen LogP contribution in [-0.4, -0.2) is 31.5 Å². The highest BCUT2D eigenvalue weighted by Crippen LogP contribution is 2.18. The lowest BCUT2D eigenvalue weighted by atomic mass is 10.1. The van der Waals surface area contributed by atoms with Gasteiger partial charge >= 0.3 is 0 Å². The summed E-state index contributed by atoms with van der Waals surface area (Å²) in [7, 11) is 3.42. The number of hydrogen-bond donors (Lipinski definition) is 0. The normalized spacial score (nSPS) is 10.3. The van der Waals surface area contributed by atoms with Gasteiger partial charge in [0.2, 0.25) is 5.91 Å². The number of hydrogen-bond acceptors (Lipinski definition) is 3. The molecule has 0 radical (unpaired) electrons. The Kier molecular flexibility index (Phi) is 4.82. The van der Waals surface area contributed by atoms with Crippen molar-refractivity contribution in [1.82, 2.24) is 4.90 Å². The van der Waals surface area contributed by atoms with E-state index in [2.05, 4.69) is 0 Å². The zero-order valence-corrected chi connectivity index (χ0v) is 11.8. The number of benzene rings is 1. The summed E-state index contributed by atoms with van der Waals surface area (Å²) in [5.74, 6) is 1.71. The molecular formula is C16H19NO3. The highest BCUT2D eigenvalue weighted by Gasteiger charge is 2.12. The number of furan rings is 1. The highest BCUT2D eigenvalue weighted by molar-refractivity contribution is 5.79. The number of ether oxygens (including phenoxy) is 1. The number of carbonyl (C=O) groups is 1. The number of amides is 1. The van der Waals surface area contributed by atoms with Crippen LogP contribution in [-0.2, 0) is 17.6 Å². The monoisotopic (exact) mass is 273 g/mol. The van der Waals surface area contributed by atoms with E-state index >= 15 is 0 Å². The van der Waals surface area contributed by atoms with Crippen LogP contribution in [0.15, 0.2) is 47.1 Å². The first-order valence-corrected chi connectivity index (χ1v) is 6.59. The molecule has 1 aromatic carbocycles. The van der Waals surface area contributed by atoms with Gasteiger partial charge in [-0.2, -0.15) is 0 Å². The van der Waals surface area contributed by atoms with Gasteiger partial charge in [0, 0.05) is 25.6 Å². The number of nitrogens with zero attached hydrogens (tertiary/aromatic N) is 1. The smallest absolute Gasteiger partial charge is 0.226 e. The number of likely N-dealkylation sites (N-methyl/N-ethyl adjacent to an activating group) is 1. The summed E-state index contributed by atoms with van der Waals surface area (Å²) in [4.78, 5) is 13.9. The summed E-state index contributed by atoms with van der Waals surface area (Å²) in [5, 5.41) is 0. The Hall–Kier alpha value is -2.23. The lowest BCUT2D eigenvalue weighted by Gasteiger charge is -2.17. The van der Waals surface area contributed by atoms with Crippen molar-refractivity contribution < 1.29 is 13.9 Å². The number of rotatable bonds is 6. The highest BCUT2D eigenvalue weighted by atomic mass is 16.5. The molecule has 0 spiro atoms. The molecule has 0 saturated heterocycles. The number of para-hydroxylation sites is 1. The molecule has 0 fully saturated rings. The SMILES string of the molecule is COc1ccccc1CC(=O)N(C)CCc1ccco1. The van der Waals surface area contributed by atoms with E-state index in [1.165, 1.54) is 0 Å². The van der Waals surface area contributed by atoms with E-state index in [-0.39, 0.29) is 5.91 Å². The summed E-state index contributed by atoms with van der Waals surface area (Å²) >= 11 is 0. The molecule has 0 aliphatic carbocycles. The Balaban J connectivity index is 1.90. The minimum atomic E-state index is 0.0704. The molecule has 1 heterocycles. The van der Waals surface area contributed by atoms with Crippen molar-refractivity contribution in [3.8, 4) is 5.75 Å². The van der Waals surface area contributed by atoms with Crippen molar-refractivity contribution >= 4 is 5.91 Å². The van der Waals surface area contributed by atoms with Gasteiger partial charge in [0.05, 0.1) is 19.8 Å². The van der Waals surface area contributed by atoms with Gasteiger partial charge in [-0.3, -0.25) is 4.79 Å². The maximum atomic E-state index is 12.2. The van der Waals surface area contributed by atoms with Gasteiger partial charge in [-0.05, 0) is 18.2 Å². The first-order valence-electron chi connectivity index (χ1n) is 6.59. The molecular weight excluding hydrogens is 254 g/mol. The minimum absolute atomic E-state index is 0.0704. The van der Waals surface area contributed by atoms with E-state index in [1.54, 1.807) is 25.3 Å². The fraction of sp³-hybridized carbons (Fsp3) is 0.312. The van der Waals surface area contributed by atoms with E-state index in [4.69, 9.17) is 9.15 Å². The summed E-state index contributed by atoms with van der Waals surface area (Å²) in [6, 6.07) is 11.4. The molecule has 0 unspecified atom stereocenters. The van der Waals surface area contributed by atoms with E-state index in [0.29, 0.717) is 13.0 Å². The maximum Gasteiger partial charge on any atom is 0.226 e. The van der Waals surface area contributed by atoms with E-state index in [1.807, 2.05) is 36.4 Å². The first kappa shape index (κ1) is 14.2. The lowest BCUT2D eigenvalue weighted by molar-refractivity contribution is -0.129. The Morgan fingerprint density at radius 1 is 1.25 bits per heavy atom. The number of carbonyl (C=O) groups excluding carboxylic acids is 1. The van der Waals surface area contributed by atoms with Crippen LogP contribution in [0.3, 0.4) is 0 Å². The Morgan fingerprint density at radius 3 is 2.75 bits per heavy atom. The largest absolute Gasteiger partial charge is 0.496 e. The van der Waals surface area contributed by atoms with Crippen LogP contribution in [0.1, 0.15) is 11.3 Å². The van der Waals surface area contributed by atoms with Crippen molar-refractivity contribution in [2.75, 3.05) is 20.7 Å². The summed E-state index contributed by atoms with van der Waals surface area (Å²) in [5.41, 5.74) is 0.907. The Morgan fingerprint density at radius 2 is 2.05 bits per heavy atom. The van der Waals surface area contributed by atoms with Gasteiger partial charge in [-0.25, -0.2) is 0 Å². The van der Waals surface area contributed by atoms with Crippen LogP contribution in [0.2, 0.25) is 0 Å². The second-order valence-corrected chi connectivity index (χ2v) is 4.63. The standard InChI is InChI=1S/C16H19NO3/c1-17(10-9-14-7-5-11-20-14)16(18)12-13-6-3-4-8-15(13)19-2/h3-8,11H,9-10,12H2,1-2H3. The molecule has 1 amide bonds. The predicted molar refractivity (Wildman–Crippen MR) is 76.7 cm³/mol. The third-order valence-corrected chi connectivity index (χ3v) is 3.23. The van der Waals surface area contributed by atoms with Gasteiger partial charge in [-0.1, -0.05) is 18.2 Å². The molecule has 2 rings (SSSR count). The molecule has 106 valence electrons. The molecule has 20 heavy (non-hydrogen) atoms. The summed E-state index contributed by atoms with van der Waals surface area (Å²) < 4.78 is 10.5. The molecule has 0 atom stereocenters. The average Bonchev–Trinajstić information content (AvgIpc) is 2.98. The van der Waals surface area contributed by atoms with Crippen molar-refractivity contribution in [2.45, 2.75) is 12.8 Å². The van der Waals surface area contributed by atoms with Gasteiger partial charge in [-0.15, -0.1) is 0 Å². The van der Waals surface area contributed by atoms with Crippen molar-refractivity contribution in [1.29, 1.82) is 0 Å². The second kappa shape index (κ2) is 6.80. The quantitative estimate of drug-likeness (QED) is 0.812. The third kappa shape index (κ3) is 3.63.